The fraction of sp³-hybridized carbons (Fsp3) is 0.240. The number of hydrogen-bond acceptors (Lipinski definition) is 7. The molecule has 0 aliphatic rings. The molecule has 0 atom stereocenters. The third-order valence-electron chi connectivity index (χ3n) is 4.82. The zero-order valence-electron chi connectivity index (χ0n) is 19.2. The lowest BCUT2D eigenvalue weighted by Crippen LogP contribution is -2.23. The minimum atomic E-state index is -0.436. The SMILES string of the molecule is COC(=O)/C=C/c1ccc(OCc2csc(N(C(C)=O)c3ccc(C)cc3C)n2)c(OC)c1. The van der Waals surface area contributed by atoms with Crippen molar-refractivity contribution in [1.29, 1.82) is 0 Å². The summed E-state index contributed by atoms with van der Waals surface area (Å²) in [6, 6.07) is 11.3. The minimum absolute atomic E-state index is 0.110. The summed E-state index contributed by atoms with van der Waals surface area (Å²) >= 11 is 1.38. The molecule has 0 radical (unpaired) electrons. The van der Waals surface area contributed by atoms with E-state index in [1.165, 1.54) is 31.4 Å². The summed E-state index contributed by atoms with van der Waals surface area (Å²) in [5.74, 6) is 0.522. The molecule has 0 saturated heterocycles. The number of carbonyl (C=O) groups excluding carboxylic acids is 2. The maximum atomic E-state index is 12.4. The van der Waals surface area contributed by atoms with Crippen molar-refractivity contribution in [3.05, 3.63) is 70.2 Å². The first kappa shape index (κ1) is 24.0. The third kappa shape index (κ3) is 5.98. The maximum Gasteiger partial charge on any atom is 0.330 e. The third-order valence-corrected chi connectivity index (χ3v) is 5.69. The first-order chi connectivity index (χ1) is 15.8. The van der Waals surface area contributed by atoms with Gasteiger partial charge < -0.3 is 14.2 Å². The predicted octanol–water partition coefficient (Wildman–Crippen LogP) is 5.22. The number of anilines is 2. The van der Waals surface area contributed by atoms with Crippen molar-refractivity contribution < 1.29 is 23.8 Å². The minimum Gasteiger partial charge on any atom is -0.493 e. The maximum absolute atomic E-state index is 12.4. The smallest absolute Gasteiger partial charge is 0.330 e. The van der Waals surface area contributed by atoms with Gasteiger partial charge in [0.25, 0.3) is 0 Å². The molecule has 1 heterocycles. The summed E-state index contributed by atoms with van der Waals surface area (Å²) in [6.45, 7) is 5.73. The lowest BCUT2D eigenvalue weighted by Gasteiger charge is -2.20. The van der Waals surface area contributed by atoms with E-state index in [9.17, 15) is 9.59 Å². The highest BCUT2D eigenvalue weighted by molar-refractivity contribution is 7.14. The molecule has 0 saturated carbocycles. The summed E-state index contributed by atoms with van der Waals surface area (Å²) in [4.78, 5) is 29.9. The van der Waals surface area contributed by atoms with Gasteiger partial charge in [0.05, 0.1) is 25.6 Å². The van der Waals surface area contributed by atoms with E-state index >= 15 is 0 Å². The van der Waals surface area contributed by atoms with Crippen LogP contribution in [0, 0.1) is 13.8 Å². The number of aromatic nitrogens is 1. The highest BCUT2D eigenvalue weighted by Crippen LogP contribution is 2.33. The van der Waals surface area contributed by atoms with Gasteiger partial charge in [-0.15, -0.1) is 11.3 Å². The van der Waals surface area contributed by atoms with Crippen molar-refractivity contribution in [2.45, 2.75) is 27.4 Å². The van der Waals surface area contributed by atoms with Gasteiger partial charge in [0.15, 0.2) is 16.6 Å². The van der Waals surface area contributed by atoms with Crippen LogP contribution in [0.25, 0.3) is 6.08 Å². The Balaban J connectivity index is 1.76. The van der Waals surface area contributed by atoms with Crippen LogP contribution in [0.4, 0.5) is 10.8 Å². The number of hydrogen-bond donors (Lipinski definition) is 0. The Hall–Kier alpha value is -3.65. The molecule has 8 heteroatoms. The van der Waals surface area contributed by atoms with E-state index in [1.807, 2.05) is 37.4 Å². The zero-order valence-corrected chi connectivity index (χ0v) is 20.1. The Morgan fingerprint density at radius 1 is 1.09 bits per heavy atom. The van der Waals surface area contributed by atoms with Crippen LogP contribution in [0.3, 0.4) is 0 Å². The van der Waals surface area contributed by atoms with Crippen LogP contribution < -0.4 is 14.4 Å². The van der Waals surface area contributed by atoms with Crippen LogP contribution >= 0.6 is 11.3 Å². The number of amides is 1. The molecule has 1 amide bonds. The topological polar surface area (TPSA) is 78.0 Å². The number of ether oxygens (including phenoxy) is 3. The van der Waals surface area contributed by atoms with Crippen molar-refractivity contribution in [2.75, 3.05) is 19.1 Å². The summed E-state index contributed by atoms with van der Waals surface area (Å²) in [7, 11) is 2.87. The lowest BCUT2D eigenvalue weighted by atomic mass is 10.1. The monoisotopic (exact) mass is 466 g/mol. The first-order valence-corrected chi connectivity index (χ1v) is 11.1. The molecule has 172 valence electrons. The quantitative estimate of drug-likeness (QED) is 0.335. The van der Waals surface area contributed by atoms with E-state index in [2.05, 4.69) is 9.72 Å². The second-order valence-electron chi connectivity index (χ2n) is 7.32. The van der Waals surface area contributed by atoms with E-state index in [0.29, 0.717) is 22.3 Å². The highest BCUT2D eigenvalue weighted by atomic mass is 32.1. The average Bonchev–Trinajstić information content (AvgIpc) is 3.26. The van der Waals surface area contributed by atoms with Gasteiger partial charge in [-0.25, -0.2) is 9.78 Å². The second kappa shape index (κ2) is 10.8. The molecule has 0 unspecified atom stereocenters. The van der Waals surface area contributed by atoms with Crippen LogP contribution in [0.15, 0.2) is 47.9 Å². The highest BCUT2D eigenvalue weighted by Gasteiger charge is 2.20. The van der Waals surface area contributed by atoms with E-state index in [4.69, 9.17) is 9.47 Å². The van der Waals surface area contributed by atoms with Gasteiger partial charge in [-0.1, -0.05) is 23.8 Å². The van der Waals surface area contributed by atoms with Gasteiger partial charge in [0, 0.05) is 18.4 Å². The fourth-order valence-electron chi connectivity index (χ4n) is 3.22. The number of carbonyl (C=O) groups is 2. The number of methoxy groups -OCH3 is 2. The molecule has 0 aliphatic carbocycles. The molecule has 2 aromatic carbocycles. The molecule has 0 fully saturated rings. The van der Waals surface area contributed by atoms with E-state index in [0.717, 1.165) is 22.4 Å². The molecular weight excluding hydrogens is 440 g/mol. The molecule has 7 nitrogen and oxygen atoms in total. The van der Waals surface area contributed by atoms with Crippen molar-refractivity contribution in [3.63, 3.8) is 0 Å². The van der Waals surface area contributed by atoms with Crippen molar-refractivity contribution in [3.8, 4) is 11.5 Å². The predicted molar refractivity (Wildman–Crippen MR) is 129 cm³/mol. The Bertz CT molecular complexity index is 1190. The van der Waals surface area contributed by atoms with Gasteiger partial charge >= 0.3 is 5.97 Å². The van der Waals surface area contributed by atoms with Gasteiger partial charge in [-0.05, 0) is 49.2 Å². The Kier molecular flexibility index (Phi) is 7.84. The standard InChI is InChI=1S/C25H26N2O5S/c1-16-6-9-21(17(2)12-16)27(18(3)28)25-26-20(15-33-25)14-32-22-10-7-19(13-23(22)30-4)8-11-24(29)31-5/h6-13,15H,14H2,1-5H3/b11-8+. The molecule has 0 N–H and O–H groups in total. The molecule has 3 rings (SSSR count). The Morgan fingerprint density at radius 2 is 1.88 bits per heavy atom. The molecule has 3 aromatic rings. The van der Waals surface area contributed by atoms with Gasteiger partial charge in [-0.2, -0.15) is 0 Å². The van der Waals surface area contributed by atoms with Crippen LogP contribution in [-0.4, -0.2) is 31.1 Å². The van der Waals surface area contributed by atoms with E-state index in [-0.39, 0.29) is 12.5 Å². The van der Waals surface area contributed by atoms with Crippen LogP contribution in [0.5, 0.6) is 11.5 Å². The molecule has 1 aromatic heterocycles. The number of thiazole rings is 1. The Labute approximate surface area is 197 Å². The Morgan fingerprint density at radius 3 is 2.55 bits per heavy atom. The average molecular weight is 467 g/mol. The number of rotatable bonds is 8. The first-order valence-electron chi connectivity index (χ1n) is 10.2. The van der Waals surface area contributed by atoms with E-state index < -0.39 is 5.97 Å². The van der Waals surface area contributed by atoms with Crippen molar-refractivity contribution >= 4 is 40.1 Å². The van der Waals surface area contributed by atoms with Gasteiger partial charge in [0.2, 0.25) is 5.91 Å². The summed E-state index contributed by atoms with van der Waals surface area (Å²) < 4.78 is 15.9. The largest absolute Gasteiger partial charge is 0.493 e. The second-order valence-corrected chi connectivity index (χ2v) is 8.16. The van der Waals surface area contributed by atoms with Crippen LogP contribution in [0.1, 0.15) is 29.3 Å². The van der Waals surface area contributed by atoms with Gasteiger partial charge in [0.1, 0.15) is 6.61 Å². The number of esters is 1. The van der Waals surface area contributed by atoms with Crippen molar-refractivity contribution in [2.24, 2.45) is 0 Å². The lowest BCUT2D eigenvalue weighted by molar-refractivity contribution is -0.134. The van der Waals surface area contributed by atoms with Gasteiger partial charge in [-0.3, -0.25) is 9.69 Å². The summed E-state index contributed by atoms with van der Waals surface area (Å²) in [5, 5.41) is 2.46. The summed E-state index contributed by atoms with van der Waals surface area (Å²) in [6.07, 6.45) is 2.97. The number of benzene rings is 2. The molecule has 0 aliphatic heterocycles. The molecule has 0 spiro atoms. The molecule has 33 heavy (non-hydrogen) atoms. The molecule has 0 bridgehead atoms. The van der Waals surface area contributed by atoms with Crippen LogP contribution in [0.2, 0.25) is 0 Å². The number of nitrogens with zero attached hydrogens (tertiary/aromatic N) is 2. The normalized spacial score (nSPS) is 10.8. The van der Waals surface area contributed by atoms with Crippen LogP contribution in [-0.2, 0) is 20.9 Å². The summed E-state index contributed by atoms with van der Waals surface area (Å²) in [5.41, 5.74) is 4.42. The zero-order chi connectivity index (χ0) is 24.0. The van der Waals surface area contributed by atoms with Crippen molar-refractivity contribution in [1.82, 2.24) is 4.98 Å². The van der Waals surface area contributed by atoms with E-state index in [1.54, 1.807) is 36.3 Å². The fourth-order valence-corrected chi connectivity index (χ4v) is 4.08. The molecular formula is C25H26N2O5S. The number of aryl methyl sites for hydroxylation is 2.